The number of allylic oxidation sites excluding steroid dienone is 1. The van der Waals surface area contributed by atoms with Crippen LogP contribution in [0.5, 0.6) is 0 Å². The molecule has 1 fully saturated rings. The maximum Gasteiger partial charge on any atom is 0.146 e. The molecule has 3 heteroatoms. The fourth-order valence-corrected chi connectivity index (χ4v) is 2.24. The molecule has 1 atom stereocenters. The topological polar surface area (TPSA) is 38.7 Å². The summed E-state index contributed by atoms with van der Waals surface area (Å²) in [7, 11) is 1.63. The second-order valence-electron chi connectivity index (χ2n) is 4.82. The zero-order valence-electron chi connectivity index (χ0n) is 10.2. The molecule has 0 bridgehead atoms. The van der Waals surface area contributed by atoms with Crippen LogP contribution in [0.3, 0.4) is 0 Å². The maximum absolute atomic E-state index is 9.09. The molecule has 1 rings (SSSR count). The first kappa shape index (κ1) is 12.7. The lowest BCUT2D eigenvalue weighted by Gasteiger charge is -2.48. The molecule has 0 saturated heterocycles. The molecule has 1 saturated carbocycles. The lowest BCUT2D eigenvalue weighted by Crippen LogP contribution is -2.41. The lowest BCUT2D eigenvalue weighted by atomic mass is 9.58. The van der Waals surface area contributed by atoms with Gasteiger partial charge in [-0.15, -0.1) is 0 Å². The summed E-state index contributed by atoms with van der Waals surface area (Å²) in [5.74, 6) is 0.546. The number of aliphatic hydroxyl groups excluding tert-OH is 1. The minimum absolute atomic E-state index is 0.167. The monoisotopic (exact) mass is 214 g/mol. The summed E-state index contributed by atoms with van der Waals surface area (Å²) in [6, 6.07) is 0. The van der Waals surface area contributed by atoms with Crippen molar-refractivity contribution >= 4 is 0 Å². The normalized spacial score (nSPS) is 27.4. The Labute approximate surface area is 92.1 Å². The fourth-order valence-electron chi connectivity index (χ4n) is 2.24. The molecular weight excluding hydrogens is 192 g/mol. The van der Waals surface area contributed by atoms with Crippen molar-refractivity contribution in [3.05, 3.63) is 11.1 Å². The second-order valence-corrected chi connectivity index (χ2v) is 4.82. The Morgan fingerprint density at radius 2 is 2.20 bits per heavy atom. The van der Waals surface area contributed by atoms with Gasteiger partial charge in [-0.25, -0.2) is 0 Å². The average Bonchev–Trinajstić information content (AvgIpc) is 2.21. The van der Waals surface area contributed by atoms with Crippen molar-refractivity contribution in [2.24, 2.45) is 11.3 Å². The number of hydrogen-bond donors (Lipinski definition) is 1. The van der Waals surface area contributed by atoms with E-state index in [1.54, 1.807) is 7.11 Å². The summed E-state index contributed by atoms with van der Waals surface area (Å²) >= 11 is 0. The van der Waals surface area contributed by atoms with Gasteiger partial charge in [0.15, 0.2) is 0 Å². The van der Waals surface area contributed by atoms with Crippen LogP contribution >= 0.6 is 0 Å². The van der Waals surface area contributed by atoms with E-state index in [1.165, 1.54) is 5.57 Å². The molecule has 0 aromatic rings. The molecule has 15 heavy (non-hydrogen) atoms. The molecule has 0 aliphatic heterocycles. The third-order valence-corrected chi connectivity index (χ3v) is 3.52. The van der Waals surface area contributed by atoms with E-state index >= 15 is 0 Å². The zero-order valence-corrected chi connectivity index (χ0v) is 10.2. The predicted octanol–water partition coefficient (Wildman–Crippen LogP) is 1.96. The van der Waals surface area contributed by atoms with E-state index in [1.807, 2.05) is 6.92 Å². The Hall–Kier alpha value is -0.380. The van der Waals surface area contributed by atoms with E-state index in [0.717, 1.165) is 18.6 Å². The second kappa shape index (κ2) is 5.10. The molecule has 0 spiro atoms. The predicted molar refractivity (Wildman–Crippen MR) is 59.5 cm³/mol. The smallest absolute Gasteiger partial charge is 0.146 e. The Morgan fingerprint density at radius 3 is 2.67 bits per heavy atom. The van der Waals surface area contributed by atoms with Gasteiger partial charge in [0.05, 0.1) is 13.2 Å². The van der Waals surface area contributed by atoms with Crippen LogP contribution in [0, 0.1) is 11.3 Å². The Kier molecular flexibility index (Phi) is 4.32. The van der Waals surface area contributed by atoms with E-state index < -0.39 is 0 Å². The van der Waals surface area contributed by atoms with Gasteiger partial charge in [-0.2, -0.15) is 0 Å². The summed E-state index contributed by atoms with van der Waals surface area (Å²) in [6.07, 6.45) is 1.04. The SMILES string of the molecule is COCOCC1CC(=C(C)CO)C1(C)C. The van der Waals surface area contributed by atoms with Crippen molar-refractivity contribution in [1.29, 1.82) is 0 Å². The summed E-state index contributed by atoms with van der Waals surface area (Å²) in [5, 5.41) is 9.09. The van der Waals surface area contributed by atoms with Crippen molar-refractivity contribution in [2.75, 3.05) is 27.1 Å². The van der Waals surface area contributed by atoms with Crippen LogP contribution in [0.1, 0.15) is 27.2 Å². The fraction of sp³-hybridized carbons (Fsp3) is 0.833. The van der Waals surface area contributed by atoms with Crippen molar-refractivity contribution in [3.8, 4) is 0 Å². The maximum atomic E-state index is 9.09. The van der Waals surface area contributed by atoms with E-state index in [9.17, 15) is 0 Å². The number of ether oxygens (including phenoxy) is 2. The third kappa shape index (κ3) is 2.60. The highest BCUT2D eigenvalue weighted by Gasteiger charge is 2.44. The Balaban J connectivity index is 2.48. The van der Waals surface area contributed by atoms with Crippen molar-refractivity contribution in [1.82, 2.24) is 0 Å². The van der Waals surface area contributed by atoms with Crippen LogP contribution in [0.25, 0.3) is 0 Å². The molecule has 1 unspecified atom stereocenters. The molecule has 0 amide bonds. The molecule has 88 valence electrons. The molecule has 1 aliphatic rings. The van der Waals surface area contributed by atoms with Gasteiger partial charge < -0.3 is 14.6 Å². The van der Waals surface area contributed by atoms with Crippen LogP contribution in [-0.2, 0) is 9.47 Å². The van der Waals surface area contributed by atoms with Crippen molar-refractivity contribution in [3.63, 3.8) is 0 Å². The first-order valence-electron chi connectivity index (χ1n) is 5.40. The minimum Gasteiger partial charge on any atom is -0.392 e. The van der Waals surface area contributed by atoms with Crippen LogP contribution in [-0.4, -0.2) is 32.2 Å². The largest absolute Gasteiger partial charge is 0.392 e. The number of aliphatic hydroxyl groups is 1. The average molecular weight is 214 g/mol. The first-order valence-corrected chi connectivity index (χ1v) is 5.40. The van der Waals surface area contributed by atoms with Gasteiger partial charge in [0.1, 0.15) is 6.79 Å². The van der Waals surface area contributed by atoms with Gasteiger partial charge in [0, 0.05) is 7.11 Å². The first-order chi connectivity index (χ1) is 7.04. The van der Waals surface area contributed by atoms with Gasteiger partial charge in [-0.05, 0) is 30.3 Å². The van der Waals surface area contributed by atoms with E-state index in [-0.39, 0.29) is 12.0 Å². The van der Waals surface area contributed by atoms with Gasteiger partial charge in [-0.3, -0.25) is 0 Å². The highest BCUT2D eigenvalue weighted by atomic mass is 16.7. The summed E-state index contributed by atoms with van der Waals surface area (Å²) in [5.41, 5.74) is 2.67. The highest BCUT2D eigenvalue weighted by molar-refractivity contribution is 5.29. The lowest BCUT2D eigenvalue weighted by molar-refractivity contribution is -0.0664. The van der Waals surface area contributed by atoms with Crippen LogP contribution in [0.4, 0.5) is 0 Å². The molecule has 0 aromatic heterocycles. The molecule has 0 aromatic carbocycles. The zero-order chi connectivity index (χ0) is 11.5. The number of methoxy groups -OCH3 is 1. The van der Waals surface area contributed by atoms with E-state index in [4.69, 9.17) is 14.6 Å². The van der Waals surface area contributed by atoms with Crippen LogP contribution in [0.2, 0.25) is 0 Å². The summed E-state index contributed by atoms with van der Waals surface area (Å²) in [4.78, 5) is 0. The molecule has 0 heterocycles. The van der Waals surface area contributed by atoms with Gasteiger partial charge in [-0.1, -0.05) is 19.4 Å². The third-order valence-electron chi connectivity index (χ3n) is 3.52. The van der Waals surface area contributed by atoms with Crippen molar-refractivity contribution < 1.29 is 14.6 Å². The summed E-state index contributed by atoms with van der Waals surface area (Å²) in [6.45, 7) is 7.71. The summed E-state index contributed by atoms with van der Waals surface area (Å²) < 4.78 is 10.2. The number of hydrogen-bond acceptors (Lipinski definition) is 3. The quantitative estimate of drug-likeness (QED) is 0.432. The standard InChI is InChI=1S/C12H22O3/c1-9(6-13)11-5-10(12(11,2)3)7-15-8-14-4/h10,13H,5-8H2,1-4H3. The minimum atomic E-state index is 0.167. The molecule has 3 nitrogen and oxygen atoms in total. The van der Waals surface area contributed by atoms with Gasteiger partial charge >= 0.3 is 0 Å². The number of rotatable bonds is 5. The van der Waals surface area contributed by atoms with E-state index in [0.29, 0.717) is 12.7 Å². The van der Waals surface area contributed by atoms with Crippen LogP contribution in [0.15, 0.2) is 11.1 Å². The molecule has 0 radical (unpaired) electrons. The highest BCUT2D eigenvalue weighted by Crippen LogP contribution is 2.52. The molecule has 1 aliphatic carbocycles. The molecule has 1 N–H and O–H groups in total. The Morgan fingerprint density at radius 1 is 1.53 bits per heavy atom. The van der Waals surface area contributed by atoms with Crippen LogP contribution < -0.4 is 0 Å². The van der Waals surface area contributed by atoms with Crippen molar-refractivity contribution in [2.45, 2.75) is 27.2 Å². The van der Waals surface area contributed by atoms with Gasteiger partial charge in [0.2, 0.25) is 0 Å². The van der Waals surface area contributed by atoms with E-state index in [2.05, 4.69) is 13.8 Å². The van der Waals surface area contributed by atoms with Gasteiger partial charge in [0.25, 0.3) is 0 Å². The Bertz CT molecular complexity index is 243. The molecular formula is C12H22O3.